The zero-order valence-corrected chi connectivity index (χ0v) is 10.6. The highest BCUT2D eigenvalue weighted by molar-refractivity contribution is 6.33. The summed E-state index contributed by atoms with van der Waals surface area (Å²) in [6, 6.07) is 2.06. The molecule has 2 rings (SSSR count). The lowest BCUT2D eigenvalue weighted by atomic mass is 10.0. The Hall–Kier alpha value is -1.13. The predicted octanol–water partition coefficient (Wildman–Crippen LogP) is 1.56. The van der Waals surface area contributed by atoms with Crippen molar-refractivity contribution in [1.29, 1.82) is 0 Å². The number of nitrogens with zero attached hydrogens (tertiary/aromatic N) is 2. The molecule has 2 heterocycles. The number of pyridine rings is 1. The van der Waals surface area contributed by atoms with Crippen molar-refractivity contribution in [3.63, 3.8) is 0 Å². The van der Waals surface area contributed by atoms with Gasteiger partial charge in [0.25, 0.3) is 5.91 Å². The Morgan fingerprint density at radius 1 is 1.65 bits per heavy atom. The number of piperidine rings is 1. The van der Waals surface area contributed by atoms with Gasteiger partial charge >= 0.3 is 0 Å². The average Bonchev–Trinajstić information content (AvgIpc) is 2.38. The van der Waals surface area contributed by atoms with Crippen molar-refractivity contribution >= 4 is 17.5 Å². The van der Waals surface area contributed by atoms with Gasteiger partial charge in [0.05, 0.1) is 10.6 Å². The number of hydrogen-bond acceptors (Lipinski definition) is 3. The number of carbonyl (C=O) groups is 1. The largest absolute Gasteiger partial charge is 0.337 e. The van der Waals surface area contributed by atoms with Crippen LogP contribution >= 0.6 is 11.6 Å². The van der Waals surface area contributed by atoms with E-state index in [1.165, 1.54) is 6.20 Å². The number of hydrogen-bond donors (Lipinski definition) is 1. The third-order valence-corrected chi connectivity index (χ3v) is 3.42. The number of likely N-dealkylation sites (N-methyl/N-ethyl adjacent to an activating group) is 1. The van der Waals surface area contributed by atoms with E-state index in [9.17, 15) is 4.79 Å². The molecule has 1 aliphatic rings. The van der Waals surface area contributed by atoms with Crippen molar-refractivity contribution in [2.75, 3.05) is 20.1 Å². The van der Waals surface area contributed by atoms with Crippen molar-refractivity contribution in [2.24, 2.45) is 0 Å². The second-order valence-electron chi connectivity index (χ2n) is 4.23. The number of aromatic nitrogens is 1. The number of amides is 1. The van der Waals surface area contributed by atoms with Crippen LogP contribution in [-0.4, -0.2) is 42.0 Å². The van der Waals surface area contributed by atoms with Crippen LogP contribution in [0.3, 0.4) is 0 Å². The molecule has 1 aromatic heterocycles. The molecule has 1 saturated heterocycles. The fourth-order valence-electron chi connectivity index (χ4n) is 2.12. The van der Waals surface area contributed by atoms with Crippen LogP contribution in [0.25, 0.3) is 0 Å². The quantitative estimate of drug-likeness (QED) is 0.870. The molecule has 0 unspecified atom stereocenters. The lowest BCUT2D eigenvalue weighted by molar-refractivity contribution is 0.0698. The summed E-state index contributed by atoms with van der Waals surface area (Å²) in [6.45, 7) is 1.55. The maximum Gasteiger partial charge on any atom is 0.255 e. The molecule has 1 amide bonds. The minimum absolute atomic E-state index is 0.00245. The van der Waals surface area contributed by atoms with Gasteiger partial charge < -0.3 is 10.2 Å². The standard InChI is InChI=1S/C12H16ClN3O/c1-14-9-3-2-6-16(8-9)12(17)10-4-5-15-7-11(10)13/h4-5,7,9,14H,2-3,6,8H2,1H3/t9-/m1/s1. The fraction of sp³-hybridized carbons (Fsp3) is 0.500. The third-order valence-electron chi connectivity index (χ3n) is 3.12. The van der Waals surface area contributed by atoms with Gasteiger partial charge in [0.2, 0.25) is 0 Å². The number of halogens is 1. The van der Waals surface area contributed by atoms with Crippen molar-refractivity contribution in [3.05, 3.63) is 29.0 Å². The summed E-state index contributed by atoms with van der Waals surface area (Å²) in [4.78, 5) is 18.0. The fourth-order valence-corrected chi connectivity index (χ4v) is 2.32. The minimum Gasteiger partial charge on any atom is -0.337 e. The highest BCUT2D eigenvalue weighted by Gasteiger charge is 2.24. The van der Waals surface area contributed by atoms with Gasteiger partial charge in [-0.25, -0.2) is 0 Å². The average molecular weight is 254 g/mol. The Balaban J connectivity index is 2.12. The van der Waals surface area contributed by atoms with E-state index in [0.29, 0.717) is 16.6 Å². The van der Waals surface area contributed by atoms with Gasteiger partial charge in [0.1, 0.15) is 0 Å². The first-order chi connectivity index (χ1) is 8.22. The van der Waals surface area contributed by atoms with Crippen molar-refractivity contribution in [2.45, 2.75) is 18.9 Å². The van der Waals surface area contributed by atoms with Gasteiger partial charge in [-0.3, -0.25) is 9.78 Å². The minimum atomic E-state index is -0.00245. The van der Waals surface area contributed by atoms with Crippen LogP contribution in [0.1, 0.15) is 23.2 Å². The molecule has 17 heavy (non-hydrogen) atoms. The summed E-state index contributed by atoms with van der Waals surface area (Å²) in [5, 5.41) is 3.64. The van der Waals surface area contributed by atoms with E-state index in [2.05, 4.69) is 10.3 Å². The van der Waals surface area contributed by atoms with E-state index >= 15 is 0 Å². The SMILES string of the molecule is CN[C@@H]1CCCN(C(=O)c2ccncc2Cl)C1. The van der Waals surface area contributed by atoms with E-state index < -0.39 is 0 Å². The Labute approximate surface area is 106 Å². The molecule has 0 saturated carbocycles. The van der Waals surface area contributed by atoms with Crippen molar-refractivity contribution in [3.8, 4) is 0 Å². The molecule has 92 valence electrons. The topological polar surface area (TPSA) is 45.2 Å². The van der Waals surface area contributed by atoms with E-state index in [0.717, 1.165) is 25.9 Å². The molecule has 4 nitrogen and oxygen atoms in total. The molecule has 1 atom stereocenters. The summed E-state index contributed by atoms with van der Waals surface area (Å²) in [5.41, 5.74) is 0.540. The lowest BCUT2D eigenvalue weighted by Crippen LogP contribution is -2.47. The van der Waals surface area contributed by atoms with Crippen LogP contribution in [0, 0.1) is 0 Å². The molecular weight excluding hydrogens is 238 g/mol. The molecule has 1 fully saturated rings. The molecule has 0 aliphatic carbocycles. The highest BCUT2D eigenvalue weighted by atomic mass is 35.5. The Kier molecular flexibility index (Phi) is 3.97. The van der Waals surface area contributed by atoms with Crippen LogP contribution in [-0.2, 0) is 0 Å². The Morgan fingerprint density at radius 3 is 3.18 bits per heavy atom. The molecule has 0 bridgehead atoms. The van der Waals surface area contributed by atoms with E-state index in [1.54, 1.807) is 12.3 Å². The van der Waals surface area contributed by atoms with E-state index in [-0.39, 0.29) is 5.91 Å². The maximum atomic E-state index is 12.3. The normalized spacial score (nSPS) is 20.4. The third kappa shape index (κ3) is 2.76. The smallest absolute Gasteiger partial charge is 0.255 e. The summed E-state index contributed by atoms with van der Waals surface area (Å²) >= 11 is 5.98. The van der Waals surface area contributed by atoms with Gasteiger partial charge in [-0.1, -0.05) is 11.6 Å². The molecule has 5 heteroatoms. The van der Waals surface area contributed by atoms with Crippen LogP contribution in [0.5, 0.6) is 0 Å². The molecular formula is C12H16ClN3O. The van der Waals surface area contributed by atoms with Crippen LogP contribution in [0.15, 0.2) is 18.5 Å². The summed E-state index contributed by atoms with van der Waals surface area (Å²) in [7, 11) is 1.93. The summed E-state index contributed by atoms with van der Waals surface area (Å²) < 4.78 is 0. The molecule has 1 aliphatic heterocycles. The van der Waals surface area contributed by atoms with Crippen molar-refractivity contribution in [1.82, 2.24) is 15.2 Å². The maximum absolute atomic E-state index is 12.3. The van der Waals surface area contributed by atoms with Gasteiger partial charge in [0, 0.05) is 31.5 Å². The van der Waals surface area contributed by atoms with E-state index in [4.69, 9.17) is 11.6 Å². The van der Waals surface area contributed by atoms with Gasteiger partial charge in [-0.2, -0.15) is 0 Å². The summed E-state index contributed by atoms with van der Waals surface area (Å²) in [5.74, 6) is -0.00245. The van der Waals surface area contributed by atoms with Crippen molar-refractivity contribution < 1.29 is 4.79 Å². The van der Waals surface area contributed by atoms with Crippen LogP contribution in [0.4, 0.5) is 0 Å². The summed E-state index contributed by atoms with van der Waals surface area (Å²) in [6.07, 6.45) is 5.25. The second-order valence-corrected chi connectivity index (χ2v) is 4.64. The highest BCUT2D eigenvalue weighted by Crippen LogP contribution is 2.18. The van der Waals surface area contributed by atoms with Gasteiger partial charge in [0.15, 0.2) is 0 Å². The molecule has 1 aromatic rings. The zero-order valence-electron chi connectivity index (χ0n) is 9.82. The first-order valence-electron chi connectivity index (χ1n) is 5.78. The predicted molar refractivity (Wildman–Crippen MR) is 67.2 cm³/mol. The monoisotopic (exact) mass is 253 g/mol. The van der Waals surface area contributed by atoms with Crippen LogP contribution < -0.4 is 5.32 Å². The number of rotatable bonds is 2. The first kappa shape index (κ1) is 12.3. The Morgan fingerprint density at radius 2 is 2.47 bits per heavy atom. The Bertz CT molecular complexity index is 410. The zero-order chi connectivity index (χ0) is 12.3. The van der Waals surface area contributed by atoms with Gasteiger partial charge in [-0.05, 0) is 26.0 Å². The number of nitrogens with one attached hydrogen (secondary N) is 1. The van der Waals surface area contributed by atoms with Crippen LogP contribution in [0.2, 0.25) is 5.02 Å². The number of likely N-dealkylation sites (tertiary alicyclic amines) is 1. The molecule has 0 aromatic carbocycles. The lowest BCUT2D eigenvalue weighted by Gasteiger charge is -2.32. The molecule has 0 spiro atoms. The second kappa shape index (κ2) is 5.47. The van der Waals surface area contributed by atoms with Gasteiger partial charge in [-0.15, -0.1) is 0 Å². The molecule has 0 radical (unpaired) electrons. The number of carbonyl (C=O) groups excluding carboxylic acids is 1. The first-order valence-corrected chi connectivity index (χ1v) is 6.16. The molecule has 1 N–H and O–H groups in total. The van der Waals surface area contributed by atoms with E-state index in [1.807, 2.05) is 11.9 Å².